The van der Waals surface area contributed by atoms with Crippen LogP contribution < -0.4 is 5.32 Å². The summed E-state index contributed by atoms with van der Waals surface area (Å²) in [5.74, 6) is -0.196. The topological polar surface area (TPSA) is 228 Å². The molecule has 2 saturated heterocycles. The van der Waals surface area contributed by atoms with Crippen LogP contribution in [0.15, 0.2) is 24.3 Å². The van der Waals surface area contributed by atoms with Crippen molar-refractivity contribution in [3.05, 3.63) is 24.3 Å². The lowest BCUT2D eigenvalue weighted by molar-refractivity contribution is -0.359. The number of amides is 1. The molecule has 12 atom stereocenters. The molecule has 0 saturated carbocycles. The van der Waals surface area contributed by atoms with E-state index in [2.05, 4.69) is 43.5 Å². The highest BCUT2D eigenvalue weighted by molar-refractivity contribution is 5.76. The van der Waals surface area contributed by atoms with Crippen LogP contribution in [-0.2, 0) is 23.7 Å². The van der Waals surface area contributed by atoms with Crippen molar-refractivity contribution >= 4 is 5.91 Å². The van der Waals surface area contributed by atoms with E-state index in [9.17, 15) is 45.6 Å². The van der Waals surface area contributed by atoms with Gasteiger partial charge in [0, 0.05) is 6.42 Å². The Morgan fingerprint density at radius 2 is 0.653 bits per heavy atom. The van der Waals surface area contributed by atoms with E-state index >= 15 is 0 Å². The maximum Gasteiger partial charge on any atom is 0.220 e. The summed E-state index contributed by atoms with van der Waals surface area (Å²) in [7, 11) is 0. The number of nitrogens with one attached hydrogen (secondary N) is 1. The summed E-state index contributed by atoms with van der Waals surface area (Å²) in [5.41, 5.74) is 0. The quantitative estimate of drug-likeness (QED) is 0.0204. The van der Waals surface area contributed by atoms with Crippen molar-refractivity contribution in [1.82, 2.24) is 5.32 Å². The second-order valence-corrected chi connectivity index (χ2v) is 31.4. The largest absolute Gasteiger partial charge is 0.394 e. The van der Waals surface area contributed by atoms with E-state index in [1.807, 2.05) is 0 Å². The number of hydrogen-bond acceptors (Lipinski definition) is 13. The molecule has 0 aromatic carbocycles. The second-order valence-electron chi connectivity index (χ2n) is 31.4. The van der Waals surface area contributed by atoms with Crippen molar-refractivity contribution < 1.29 is 64.6 Å². The Morgan fingerprint density at radius 3 is 0.990 bits per heavy atom. The number of aliphatic hydroxyl groups is 8. The highest BCUT2D eigenvalue weighted by Gasteiger charge is 2.51. The van der Waals surface area contributed by atoms with Crippen LogP contribution in [0.1, 0.15) is 431 Å². The number of ether oxygens (including phenoxy) is 4. The van der Waals surface area contributed by atoms with Crippen LogP contribution in [0.25, 0.3) is 0 Å². The van der Waals surface area contributed by atoms with Crippen molar-refractivity contribution in [1.29, 1.82) is 0 Å². The van der Waals surface area contributed by atoms with Crippen molar-refractivity contribution in [2.24, 2.45) is 0 Å². The molecule has 14 heteroatoms. The molecular weight excluding hydrogens is 1270 g/mol. The average molecular weight is 1440 g/mol. The summed E-state index contributed by atoms with van der Waals surface area (Å²) < 4.78 is 23.0. The Hall–Kier alpha value is -1.53. The first-order valence-corrected chi connectivity index (χ1v) is 44.1. The van der Waals surface area contributed by atoms with Crippen molar-refractivity contribution in [2.75, 3.05) is 19.8 Å². The fraction of sp³-hybridized carbons (Fsp3) is 0.943. The lowest BCUT2D eigenvalue weighted by atomic mass is 9.97. The van der Waals surface area contributed by atoms with E-state index in [0.717, 1.165) is 57.8 Å². The van der Waals surface area contributed by atoms with Gasteiger partial charge in [-0.05, 0) is 44.9 Å². The van der Waals surface area contributed by atoms with Crippen LogP contribution in [0, 0.1) is 0 Å². The summed E-state index contributed by atoms with van der Waals surface area (Å²) in [6, 6.07) is -0.828. The molecule has 2 heterocycles. The first kappa shape index (κ1) is 95.5. The lowest BCUT2D eigenvalue weighted by Gasteiger charge is -2.46. The van der Waals surface area contributed by atoms with E-state index < -0.39 is 86.8 Å². The third kappa shape index (κ3) is 53.8. The van der Waals surface area contributed by atoms with Crippen molar-refractivity contribution in [3.8, 4) is 0 Å². The zero-order chi connectivity index (χ0) is 73.0. The summed E-state index contributed by atoms with van der Waals surface area (Å²) >= 11 is 0. The zero-order valence-electron chi connectivity index (χ0n) is 65.9. The SMILES string of the molecule is CCCCCCC/C=C\C/C=C\CCCCCCCCCCCCCCCCCCCCCCCCCC(=O)NC(COC1OC(CO)C(OC2OC(CO)C(O)C(O)C2O)C(O)C1O)C(O)CCCCCCCCCCCCCCCCCCCCCCCCCCCCCCCCCC. The number of allylic oxidation sites excluding steroid dienone is 4. The molecule has 598 valence electrons. The van der Waals surface area contributed by atoms with Crippen LogP contribution in [0.4, 0.5) is 0 Å². The van der Waals surface area contributed by atoms with Crippen LogP contribution in [0.3, 0.4) is 0 Å². The Kier molecular flexibility index (Phi) is 67.5. The van der Waals surface area contributed by atoms with Crippen molar-refractivity contribution in [3.63, 3.8) is 0 Å². The molecule has 12 unspecified atom stereocenters. The van der Waals surface area contributed by atoms with Gasteiger partial charge in [-0.1, -0.05) is 404 Å². The number of carbonyl (C=O) groups excluding carboxylic acids is 1. The molecule has 0 aromatic rings. The van der Waals surface area contributed by atoms with Gasteiger partial charge in [0.05, 0.1) is 32.0 Å². The first-order valence-electron chi connectivity index (χ1n) is 44.1. The van der Waals surface area contributed by atoms with Crippen LogP contribution in [-0.4, -0.2) is 140 Å². The van der Waals surface area contributed by atoms with E-state index in [0.29, 0.717) is 12.8 Å². The molecule has 0 aromatic heterocycles. The van der Waals surface area contributed by atoms with Crippen LogP contribution in [0.2, 0.25) is 0 Å². The lowest BCUT2D eigenvalue weighted by Crippen LogP contribution is -2.65. The maximum absolute atomic E-state index is 13.4. The molecule has 2 rings (SSSR count). The third-order valence-electron chi connectivity index (χ3n) is 21.9. The van der Waals surface area contributed by atoms with Gasteiger partial charge in [-0.15, -0.1) is 0 Å². The summed E-state index contributed by atoms with van der Waals surface area (Å²) in [6.45, 7) is 2.93. The fourth-order valence-electron chi connectivity index (χ4n) is 15.0. The van der Waals surface area contributed by atoms with Gasteiger partial charge in [0.2, 0.25) is 5.91 Å². The maximum atomic E-state index is 13.4. The van der Waals surface area contributed by atoms with Gasteiger partial charge in [-0.25, -0.2) is 0 Å². The monoisotopic (exact) mass is 1430 g/mol. The predicted molar refractivity (Wildman–Crippen MR) is 420 cm³/mol. The summed E-state index contributed by atoms with van der Waals surface area (Å²) in [6.07, 6.45) is 76.8. The van der Waals surface area contributed by atoms with Gasteiger partial charge < -0.3 is 65.1 Å². The molecule has 2 aliphatic heterocycles. The van der Waals surface area contributed by atoms with Crippen LogP contribution in [0.5, 0.6) is 0 Å². The highest BCUT2D eigenvalue weighted by Crippen LogP contribution is 2.31. The molecule has 0 radical (unpaired) electrons. The minimum absolute atomic E-state index is 0.196. The Labute approximate surface area is 621 Å². The van der Waals surface area contributed by atoms with Gasteiger partial charge in [-0.2, -0.15) is 0 Å². The molecule has 0 aliphatic carbocycles. The molecule has 9 N–H and O–H groups in total. The standard InChI is InChI=1S/C87H167NO13/c1-3-5-7-9-11-13-15-17-19-21-23-25-27-29-31-33-35-37-38-39-41-43-45-47-49-51-53-55-57-59-61-63-65-67-69-71-79(92)88-75(74-98-86-84(97)82(95)85(78(73-90)100-86)101-87-83(96)81(94)80(93)77(72-89)99-87)76(91)70-68-66-64-62-60-58-56-54-52-50-48-46-44-42-40-36-34-32-30-28-26-24-22-20-18-16-14-12-10-8-6-4-2/h15,17,21,23,75-78,80-87,89-91,93-97H,3-14,16,18-20,22,24-74H2,1-2H3,(H,88,92)/b17-15-,23-21-. The predicted octanol–water partition coefficient (Wildman–Crippen LogP) is 21.0. The van der Waals surface area contributed by atoms with E-state index in [1.54, 1.807) is 0 Å². The van der Waals surface area contributed by atoms with Crippen LogP contribution >= 0.6 is 0 Å². The fourth-order valence-corrected chi connectivity index (χ4v) is 15.0. The van der Waals surface area contributed by atoms with Gasteiger partial charge in [0.25, 0.3) is 0 Å². The van der Waals surface area contributed by atoms with Gasteiger partial charge in [-0.3, -0.25) is 4.79 Å². The molecular formula is C87H167NO13. The number of carbonyl (C=O) groups is 1. The normalized spacial score (nSPS) is 21.8. The molecule has 14 nitrogen and oxygen atoms in total. The molecule has 0 spiro atoms. The Morgan fingerprint density at radius 1 is 0.356 bits per heavy atom. The Bertz CT molecular complexity index is 1790. The molecule has 0 bridgehead atoms. The summed E-state index contributed by atoms with van der Waals surface area (Å²) in [5, 5.41) is 88.0. The Balaban J connectivity index is 1.56. The van der Waals surface area contributed by atoms with Crippen molar-refractivity contribution in [2.45, 2.75) is 505 Å². The molecule has 2 aliphatic rings. The minimum Gasteiger partial charge on any atom is -0.394 e. The minimum atomic E-state index is -1.78. The van der Waals surface area contributed by atoms with E-state index in [1.165, 1.54) is 347 Å². The first-order chi connectivity index (χ1) is 49.6. The number of hydrogen-bond donors (Lipinski definition) is 9. The molecule has 101 heavy (non-hydrogen) atoms. The molecule has 1 amide bonds. The number of aliphatic hydroxyl groups excluding tert-OH is 8. The highest BCUT2D eigenvalue weighted by atomic mass is 16.7. The average Bonchev–Trinajstić information content (AvgIpc) is 0.791. The smallest absolute Gasteiger partial charge is 0.220 e. The van der Waals surface area contributed by atoms with E-state index in [4.69, 9.17) is 18.9 Å². The van der Waals surface area contributed by atoms with Gasteiger partial charge in [0.15, 0.2) is 12.6 Å². The third-order valence-corrected chi connectivity index (χ3v) is 21.9. The number of rotatable bonds is 76. The molecule has 2 fully saturated rings. The second kappa shape index (κ2) is 71.4. The van der Waals surface area contributed by atoms with Gasteiger partial charge >= 0.3 is 0 Å². The van der Waals surface area contributed by atoms with E-state index in [-0.39, 0.29) is 12.5 Å². The zero-order valence-corrected chi connectivity index (χ0v) is 65.9. The number of unbranched alkanes of at least 4 members (excludes halogenated alkanes) is 59. The summed E-state index contributed by atoms with van der Waals surface area (Å²) in [4.78, 5) is 13.4. The van der Waals surface area contributed by atoms with Gasteiger partial charge in [0.1, 0.15) is 48.8 Å².